The minimum absolute atomic E-state index is 0.113. The third kappa shape index (κ3) is 3.32. The van der Waals surface area contributed by atoms with Gasteiger partial charge in [0.1, 0.15) is 5.82 Å². The second kappa shape index (κ2) is 7.16. The van der Waals surface area contributed by atoms with E-state index in [1.807, 2.05) is 6.20 Å². The van der Waals surface area contributed by atoms with Gasteiger partial charge in [0.15, 0.2) is 5.15 Å². The van der Waals surface area contributed by atoms with Crippen molar-refractivity contribution in [2.45, 2.75) is 63.8 Å². The van der Waals surface area contributed by atoms with Crippen LogP contribution in [0.2, 0.25) is 5.15 Å². The van der Waals surface area contributed by atoms with Crippen LogP contribution in [0, 0.1) is 0 Å². The highest BCUT2D eigenvalue weighted by Crippen LogP contribution is 2.44. The van der Waals surface area contributed by atoms with E-state index in [9.17, 15) is 0 Å². The summed E-state index contributed by atoms with van der Waals surface area (Å²) in [5.74, 6) is 1.39. The zero-order valence-electron chi connectivity index (χ0n) is 15.4. The number of aromatic amines is 1. The van der Waals surface area contributed by atoms with Gasteiger partial charge in [0.25, 0.3) is 0 Å². The Morgan fingerprint density at radius 1 is 1.35 bits per heavy atom. The molecule has 3 N–H and O–H groups in total. The molecule has 1 unspecified atom stereocenters. The molecular weight excluding hydrogens is 348 g/mol. The van der Waals surface area contributed by atoms with Crippen molar-refractivity contribution < 1.29 is 0 Å². The van der Waals surface area contributed by atoms with Crippen LogP contribution in [-0.4, -0.2) is 37.9 Å². The van der Waals surface area contributed by atoms with Gasteiger partial charge in [0.05, 0.1) is 11.4 Å². The summed E-state index contributed by atoms with van der Waals surface area (Å²) in [5, 5.41) is 0.620. The number of hydrogen-bond donors (Lipinski definition) is 2. The molecule has 1 saturated heterocycles. The van der Waals surface area contributed by atoms with Gasteiger partial charge in [0, 0.05) is 31.1 Å². The summed E-state index contributed by atoms with van der Waals surface area (Å²) in [6.45, 7) is 5.08. The van der Waals surface area contributed by atoms with Gasteiger partial charge >= 0.3 is 0 Å². The molecule has 2 aromatic rings. The van der Waals surface area contributed by atoms with Crippen LogP contribution in [0.1, 0.15) is 61.8 Å². The van der Waals surface area contributed by atoms with Crippen molar-refractivity contribution in [2.75, 3.05) is 18.8 Å². The van der Waals surface area contributed by atoms with E-state index >= 15 is 0 Å². The van der Waals surface area contributed by atoms with Crippen LogP contribution in [0.15, 0.2) is 6.20 Å². The molecule has 1 aliphatic carbocycles. The molecule has 0 bridgehead atoms. The van der Waals surface area contributed by atoms with Crippen molar-refractivity contribution in [1.82, 2.24) is 24.8 Å². The Labute approximate surface area is 159 Å². The number of unbranched alkanes of at least 4 members (excludes halogenated alkanes) is 1. The molecule has 3 heterocycles. The number of fused-ring (bicyclic) bond motifs is 2. The van der Waals surface area contributed by atoms with E-state index in [2.05, 4.69) is 31.8 Å². The second-order valence-electron chi connectivity index (χ2n) is 7.75. The number of anilines is 1. The molecular formula is C19H27ClN6. The van der Waals surface area contributed by atoms with Crippen LogP contribution in [0.3, 0.4) is 0 Å². The summed E-state index contributed by atoms with van der Waals surface area (Å²) in [5.41, 5.74) is 9.47. The summed E-state index contributed by atoms with van der Waals surface area (Å²) < 4.78 is 0. The van der Waals surface area contributed by atoms with E-state index in [-0.39, 0.29) is 5.41 Å². The molecule has 4 rings (SSSR count). The van der Waals surface area contributed by atoms with Gasteiger partial charge in [0.2, 0.25) is 5.95 Å². The maximum Gasteiger partial charge on any atom is 0.220 e. The Bertz CT molecular complexity index is 784. The average molecular weight is 375 g/mol. The van der Waals surface area contributed by atoms with Crippen LogP contribution >= 0.6 is 11.6 Å². The predicted octanol–water partition coefficient (Wildman–Crippen LogP) is 3.26. The standard InChI is InChI=1S/C19H27ClN6/c1-2-3-5-15-23-14(17(20)24-15)11-26-9-4-7-19(12-26)8-6-13-10-22-18(21)25-16(13)19/h10H,2-9,11-12H2,1H3,(H,23,24)(H2,21,22,25). The van der Waals surface area contributed by atoms with Crippen molar-refractivity contribution in [2.24, 2.45) is 0 Å². The number of nitrogens with two attached hydrogens (primary N) is 1. The lowest BCUT2D eigenvalue weighted by molar-refractivity contribution is 0.135. The number of likely N-dealkylation sites (tertiary alicyclic amines) is 1. The van der Waals surface area contributed by atoms with Crippen LogP contribution in [-0.2, 0) is 24.8 Å². The summed E-state index contributed by atoms with van der Waals surface area (Å²) in [7, 11) is 0. The molecule has 0 radical (unpaired) electrons. The number of nitrogens with zero attached hydrogens (tertiary/aromatic N) is 4. The zero-order chi connectivity index (χ0) is 18.1. The quantitative estimate of drug-likeness (QED) is 0.839. The molecule has 0 aromatic carbocycles. The van der Waals surface area contributed by atoms with Gasteiger partial charge in [-0.05, 0) is 44.2 Å². The first kappa shape index (κ1) is 17.7. The lowest BCUT2D eigenvalue weighted by Gasteiger charge is -2.40. The molecule has 140 valence electrons. The van der Waals surface area contributed by atoms with Gasteiger partial charge in [-0.15, -0.1) is 0 Å². The van der Waals surface area contributed by atoms with Crippen LogP contribution in [0.25, 0.3) is 0 Å². The molecule has 0 saturated carbocycles. The minimum atomic E-state index is 0.113. The first-order chi connectivity index (χ1) is 12.6. The maximum absolute atomic E-state index is 6.39. The fourth-order valence-electron chi connectivity index (χ4n) is 4.55. The van der Waals surface area contributed by atoms with Crippen LogP contribution < -0.4 is 5.73 Å². The van der Waals surface area contributed by atoms with Gasteiger partial charge in [-0.25, -0.2) is 15.0 Å². The number of nitrogen functional groups attached to an aromatic ring is 1. The monoisotopic (exact) mass is 374 g/mol. The zero-order valence-corrected chi connectivity index (χ0v) is 16.1. The van der Waals surface area contributed by atoms with Gasteiger partial charge in [-0.2, -0.15) is 0 Å². The minimum Gasteiger partial charge on any atom is -0.368 e. The highest BCUT2D eigenvalue weighted by atomic mass is 35.5. The molecule has 1 atom stereocenters. The summed E-state index contributed by atoms with van der Waals surface area (Å²) >= 11 is 6.39. The molecule has 6 nitrogen and oxygen atoms in total. The highest BCUT2D eigenvalue weighted by molar-refractivity contribution is 6.30. The number of imidazole rings is 1. The van der Waals surface area contributed by atoms with Crippen molar-refractivity contribution >= 4 is 17.5 Å². The van der Waals surface area contributed by atoms with Gasteiger partial charge in [-0.1, -0.05) is 24.9 Å². The van der Waals surface area contributed by atoms with Crippen molar-refractivity contribution in [1.29, 1.82) is 0 Å². The Morgan fingerprint density at radius 3 is 3.08 bits per heavy atom. The van der Waals surface area contributed by atoms with E-state index in [1.165, 1.54) is 17.7 Å². The number of nitrogens with one attached hydrogen (secondary N) is 1. The van der Waals surface area contributed by atoms with E-state index < -0.39 is 0 Å². The molecule has 2 aromatic heterocycles. The van der Waals surface area contributed by atoms with E-state index in [0.29, 0.717) is 11.1 Å². The number of piperidine rings is 1. The normalized spacial score (nSPS) is 22.8. The topological polar surface area (TPSA) is 83.7 Å². The van der Waals surface area contributed by atoms with E-state index in [1.54, 1.807) is 0 Å². The molecule has 1 spiro atoms. The summed E-state index contributed by atoms with van der Waals surface area (Å²) in [6.07, 6.45) is 9.69. The van der Waals surface area contributed by atoms with Gasteiger partial charge in [-0.3, -0.25) is 4.90 Å². The van der Waals surface area contributed by atoms with E-state index in [0.717, 1.165) is 69.7 Å². The second-order valence-corrected chi connectivity index (χ2v) is 8.11. The molecule has 1 fully saturated rings. The smallest absolute Gasteiger partial charge is 0.220 e. The molecule has 0 amide bonds. The average Bonchev–Trinajstić information content (AvgIpc) is 3.14. The van der Waals surface area contributed by atoms with E-state index in [4.69, 9.17) is 17.3 Å². The number of aryl methyl sites for hydroxylation is 2. The molecule has 1 aliphatic heterocycles. The number of hydrogen-bond acceptors (Lipinski definition) is 5. The van der Waals surface area contributed by atoms with Crippen LogP contribution in [0.5, 0.6) is 0 Å². The van der Waals surface area contributed by atoms with Gasteiger partial charge < -0.3 is 10.7 Å². The lowest BCUT2D eigenvalue weighted by atomic mass is 9.77. The summed E-state index contributed by atoms with van der Waals surface area (Å²) in [4.78, 5) is 19.2. The van der Waals surface area contributed by atoms with Crippen molar-refractivity contribution in [3.05, 3.63) is 34.1 Å². The van der Waals surface area contributed by atoms with Crippen molar-refractivity contribution in [3.8, 4) is 0 Å². The maximum atomic E-state index is 6.39. The highest BCUT2D eigenvalue weighted by Gasteiger charge is 2.43. The number of rotatable bonds is 5. The first-order valence-electron chi connectivity index (χ1n) is 9.67. The Kier molecular flexibility index (Phi) is 4.88. The Morgan fingerprint density at radius 2 is 2.23 bits per heavy atom. The summed E-state index contributed by atoms with van der Waals surface area (Å²) in [6, 6.07) is 0. The fourth-order valence-corrected chi connectivity index (χ4v) is 4.75. The Balaban J connectivity index is 1.50. The largest absolute Gasteiger partial charge is 0.368 e. The van der Waals surface area contributed by atoms with Crippen LogP contribution in [0.4, 0.5) is 5.95 Å². The number of halogens is 1. The Hall–Kier alpha value is -1.66. The molecule has 7 heteroatoms. The predicted molar refractivity (Wildman–Crippen MR) is 103 cm³/mol. The third-order valence-corrected chi connectivity index (χ3v) is 6.15. The number of H-pyrrole nitrogens is 1. The number of aromatic nitrogens is 4. The molecule has 26 heavy (non-hydrogen) atoms. The first-order valence-corrected chi connectivity index (χ1v) is 10.0. The lowest BCUT2D eigenvalue weighted by Crippen LogP contribution is -2.45. The SMILES string of the molecule is CCCCc1nc(Cl)c(CN2CCCC3(CCc4cnc(N)nc43)C2)[nH]1. The molecule has 2 aliphatic rings. The van der Waals surface area contributed by atoms with Crippen molar-refractivity contribution in [3.63, 3.8) is 0 Å². The fraction of sp³-hybridized carbons (Fsp3) is 0.632. The third-order valence-electron chi connectivity index (χ3n) is 5.84.